The Bertz CT molecular complexity index is 1550. The van der Waals surface area contributed by atoms with Crippen molar-refractivity contribution in [2.75, 3.05) is 19.5 Å². The molecule has 2 aromatic heterocycles. The maximum Gasteiger partial charge on any atom is 0.513 e. The molecular weight excluding hydrogens is 522 g/mol. The van der Waals surface area contributed by atoms with E-state index in [1.54, 1.807) is 0 Å². The number of aromatic nitrogens is 1. The van der Waals surface area contributed by atoms with Gasteiger partial charge in [-0.3, -0.25) is 9.20 Å². The van der Waals surface area contributed by atoms with Crippen LogP contribution in [0.3, 0.4) is 0 Å². The molecule has 2 heterocycles. The Labute approximate surface area is 210 Å². The molecule has 0 radical (unpaired) electrons. The number of nitrogens with one attached hydrogen (secondary N) is 1. The summed E-state index contributed by atoms with van der Waals surface area (Å²) in [5, 5.41) is 2.27. The van der Waals surface area contributed by atoms with Crippen molar-refractivity contribution < 1.29 is 50.1 Å². The van der Waals surface area contributed by atoms with Crippen molar-refractivity contribution in [1.82, 2.24) is 4.40 Å². The molecule has 0 atom stereocenters. The molecule has 0 saturated carbocycles. The van der Waals surface area contributed by atoms with Crippen LogP contribution in [-0.4, -0.2) is 30.7 Å². The molecule has 0 aliphatic heterocycles. The summed E-state index contributed by atoms with van der Waals surface area (Å²) in [7, 11) is 2.23. The van der Waals surface area contributed by atoms with E-state index in [-0.39, 0.29) is 40.2 Å². The number of hydrogen-bond donors (Lipinski definition) is 1. The largest absolute Gasteiger partial charge is 0.513 e. The third-order valence-electron chi connectivity index (χ3n) is 5.38. The number of pyridine rings is 1. The first-order valence-electron chi connectivity index (χ1n) is 10.6. The van der Waals surface area contributed by atoms with E-state index in [2.05, 4.69) is 10.1 Å². The minimum Gasteiger partial charge on any atom is -0.479 e. The van der Waals surface area contributed by atoms with Crippen molar-refractivity contribution in [3.05, 3.63) is 83.2 Å². The Morgan fingerprint density at radius 2 is 1.53 bits per heavy atom. The van der Waals surface area contributed by atoms with Gasteiger partial charge in [0.05, 0.1) is 36.6 Å². The van der Waals surface area contributed by atoms with Crippen molar-refractivity contribution in [3.63, 3.8) is 0 Å². The number of carbonyl (C=O) groups excluding carboxylic acids is 2. The predicted molar refractivity (Wildman–Crippen MR) is 122 cm³/mol. The van der Waals surface area contributed by atoms with Gasteiger partial charge in [-0.1, -0.05) is 12.1 Å². The summed E-state index contributed by atoms with van der Waals surface area (Å²) in [6, 6.07) is 8.93. The molecule has 4 aromatic rings. The number of alkyl halides is 3. The molecule has 0 spiro atoms. The molecule has 1 amide bonds. The molecule has 4 rings (SSSR count). The van der Waals surface area contributed by atoms with Crippen LogP contribution in [0.2, 0.25) is 0 Å². The van der Waals surface area contributed by atoms with Crippen molar-refractivity contribution in [3.8, 4) is 22.9 Å². The molecule has 13 heteroatoms. The van der Waals surface area contributed by atoms with Gasteiger partial charge in [-0.2, -0.15) is 13.2 Å². The van der Waals surface area contributed by atoms with E-state index < -0.39 is 46.8 Å². The Kier molecular flexibility index (Phi) is 6.94. The second-order valence-corrected chi connectivity index (χ2v) is 7.71. The highest BCUT2D eigenvalue weighted by molar-refractivity contribution is 6.04. The molecule has 0 saturated heterocycles. The first-order chi connectivity index (χ1) is 17.9. The van der Waals surface area contributed by atoms with E-state index in [9.17, 15) is 35.9 Å². The average molecular weight is 538 g/mol. The van der Waals surface area contributed by atoms with Gasteiger partial charge in [-0.25, -0.2) is 18.0 Å². The fraction of sp³-hybridized carbons (Fsp3) is 0.120. The summed E-state index contributed by atoms with van der Waals surface area (Å²) in [6.07, 6.45) is -5.92. The number of ether oxygens (including phenoxy) is 3. The molecule has 38 heavy (non-hydrogen) atoms. The molecule has 1 N–H and O–H groups in total. The van der Waals surface area contributed by atoms with E-state index in [0.29, 0.717) is 6.07 Å². The number of anilines is 1. The summed E-state index contributed by atoms with van der Waals surface area (Å²) in [5.74, 6) is -5.76. The normalized spacial score (nSPS) is 11.4. The quantitative estimate of drug-likeness (QED) is 0.180. The minimum atomic E-state index is -4.80. The third kappa shape index (κ3) is 4.94. The Balaban J connectivity index is 1.77. The maximum absolute atomic E-state index is 14.0. The number of nitrogens with zero attached hydrogens (tertiary/aromatic N) is 1. The summed E-state index contributed by atoms with van der Waals surface area (Å²) >= 11 is 0. The highest BCUT2D eigenvalue weighted by Crippen LogP contribution is 2.43. The monoisotopic (exact) mass is 538 g/mol. The van der Waals surface area contributed by atoms with Crippen LogP contribution in [0.1, 0.15) is 15.9 Å². The van der Waals surface area contributed by atoms with Crippen LogP contribution < -0.4 is 14.8 Å². The number of rotatable bonds is 5. The Morgan fingerprint density at radius 1 is 0.868 bits per heavy atom. The van der Waals surface area contributed by atoms with Crippen molar-refractivity contribution in [2.24, 2.45) is 0 Å². The third-order valence-corrected chi connectivity index (χ3v) is 5.38. The minimum absolute atomic E-state index is 0.0165. The highest BCUT2D eigenvalue weighted by Gasteiger charge is 2.37. The lowest BCUT2D eigenvalue weighted by Gasteiger charge is -2.15. The summed E-state index contributed by atoms with van der Waals surface area (Å²) in [4.78, 5) is 23.9. The number of fused-ring (bicyclic) bond motifs is 1. The van der Waals surface area contributed by atoms with Gasteiger partial charge in [0.1, 0.15) is 5.82 Å². The molecule has 0 aliphatic rings. The van der Waals surface area contributed by atoms with Crippen LogP contribution in [0, 0.1) is 17.5 Å². The lowest BCUT2D eigenvalue weighted by atomic mass is 10.1. The van der Waals surface area contributed by atoms with E-state index >= 15 is 0 Å². The fourth-order valence-electron chi connectivity index (χ4n) is 3.72. The van der Waals surface area contributed by atoms with Gasteiger partial charge in [-0.05, 0) is 42.0 Å². The first kappa shape index (κ1) is 26.4. The van der Waals surface area contributed by atoms with Gasteiger partial charge in [0.2, 0.25) is 5.88 Å². The van der Waals surface area contributed by atoms with Gasteiger partial charge in [-0.15, -0.1) is 0 Å². The number of carbonyl (C=O) groups is 2. The Morgan fingerprint density at radius 3 is 2.13 bits per heavy atom. The van der Waals surface area contributed by atoms with Crippen LogP contribution in [0.4, 0.5) is 36.8 Å². The second kappa shape index (κ2) is 10.00. The SMILES string of the molecule is COC(=O)Oc1ccc2cc(C(F)(F)F)c(-c3ccc(NC(=O)c4cc(F)c(F)cc4F)cc3)n2c1OC. The summed E-state index contributed by atoms with van der Waals surface area (Å²) in [5.41, 5.74) is -2.07. The number of amides is 1. The number of benzene rings is 2. The molecule has 0 aliphatic carbocycles. The van der Waals surface area contributed by atoms with E-state index in [1.165, 1.54) is 43.5 Å². The first-order valence-corrected chi connectivity index (χ1v) is 10.6. The fourth-order valence-corrected chi connectivity index (χ4v) is 3.72. The standard InChI is InChI=1S/C25H16F6N2O5/c1-36-23-20(38-24(35)37-2)8-7-14-9-16(25(29,30)31)21(33(14)23)12-3-5-13(6-4-12)32-22(34)15-10-18(27)19(28)11-17(15)26/h3-11H,1-2H3,(H,32,34). The van der Waals surface area contributed by atoms with Crippen LogP contribution in [0.15, 0.2) is 54.6 Å². The number of hydrogen-bond acceptors (Lipinski definition) is 5. The van der Waals surface area contributed by atoms with Crippen LogP contribution in [0.25, 0.3) is 16.8 Å². The van der Waals surface area contributed by atoms with Gasteiger partial charge < -0.3 is 19.5 Å². The molecule has 198 valence electrons. The van der Waals surface area contributed by atoms with Gasteiger partial charge in [0.25, 0.3) is 5.91 Å². The molecule has 0 fully saturated rings. The topological polar surface area (TPSA) is 78.3 Å². The molecular formula is C25H16F6N2O5. The zero-order valence-electron chi connectivity index (χ0n) is 19.5. The smallest absolute Gasteiger partial charge is 0.479 e. The van der Waals surface area contributed by atoms with E-state index in [4.69, 9.17) is 9.47 Å². The Hall–Kier alpha value is -4.68. The maximum atomic E-state index is 14.0. The highest BCUT2D eigenvalue weighted by atomic mass is 19.4. The lowest BCUT2D eigenvalue weighted by molar-refractivity contribution is -0.137. The van der Waals surface area contributed by atoms with Crippen LogP contribution in [0.5, 0.6) is 11.6 Å². The lowest BCUT2D eigenvalue weighted by Crippen LogP contribution is -2.14. The predicted octanol–water partition coefficient (Wildman–Crippen LogP) is 6.45. The van der Waals surface area contributed by atoms with Crippen molar-refractivity contribution in [2.45, 2.75) is 6.18 Å². The molecule has 7 nitrogen and oxygen atoms in total. The number of methoxy groups -OCH3 is 2. The average Bonchev–Trinajstić information content (AvgIpc) is 3.27. The van der Waals surface area contributed by atoms with Gasteiger partial charge in [0, 0.05) is 11.8 Å². The van der Waals surface area contributed by atoms with E-state index in [1.807, 2.05) is 0 Å². The zero-order chi connectivity index (χ0) is 27.8. The van der Waals surface area contributed by atoms with Gasteiger partial charge >= 0.3 is 12.3 Å². The summed E-state index contributed by atoms with van der Waals surface area (Å²) in [6.45, 7) is 0. The van der Waals surface area contributed by atoms with Crippen molar-refractivity contribution >= 4 is 23.3 Å². The van der Waals surface area contributed by atoms with Crippen LogP contribution in [-0.2, 0) is 10.9 Å². The molecule has 0 unspecified atom stereocenters. The van der Waals surface area contributed by atoms with Gasteiger partial charge in [0.15, 0.2) is 17.4 Å². The van der Waals surface area contributed by atoms with Crippen LogP contribution >= 0.6 is 0 Å². The molecule has 2 aromatic carbocycles. The zero-order valence-corrected chi connectivity index (χ0v) is 19.5. The van der Waals surface area contributed by atoms with Crippen molar-refractivity contribution in [1.29, 1.82) is 0 Å². The second-order valence-electron chi connectivity index (χ2n) is 7.71. The molecule has 0 bridgehead atoms. The van der Waals surface area contributed by atoms with E-state index in [0.717, 1.165) is 17.6 Å². The summed E-state index contributed by atoms with van der Waals surface area (Å²) < 4.78 is 98.3. The number of halogens is 6.